The summed E-state index contributed by atoms with van der Waals surface area (Å²) in [5.41, 5.74) is 1.84. The Morgan fingerprint density at radius 2 is 2.26 bits per heavy atom. The molecule has 0 fully saturated rings. The van der Waals surface area contributed by atoms with Gasteiger partial charge in [0.1, 0.15) is 0 Å². The Morgan fingerprint density at radius 1 is 1.47 bits per heavy atom. The van der Waals surface area contributed by atoms with Crippen LogP contribution in [0, 0.1) is 0 Å². The minimum Gasteiger partial charge on any atom is -0.481 e. The minimum absolute atomic E-state index is 0.116. The molecule has 0 spiro atoms. The minimum atomic E-state index is -0.796. The highest BCUT2D eigenvalue weighted by Gasteiger charge is 2.06. The van der Waals surface area contributed by atoms with Gasteiger partial charge >= 0.3 is 5.97 Å². The maximum absolute atomic E-state index is 10.5. The lowest BCUT2D eigenvalue weighted by Gasteiger charge is -2.07. The predicted octanol–water partition coefficient (Wildman–Crippen LogP) is 3.63. The molecule has 1 heterocycles. The van der Waals surface area contributed by atoms with Crippen LogP contribution < -0.4 is 5.32 Å². The van der Waals surface area contributed by atoms with Crippen LogP contribution in [0.25, 0.3) is 0 Å². The number of hydrogen-bond donors (Lipinski definition) is 2. The smallest absolute Gasteiger partial charge is 0.303 e. The summed E-state index contributed by atoms with van der Waals surface area (Å²) < 4.78 is 0. The van der Waals surface area contributed by atoms with Gasteiger partial charge in [-0.2, -0.15) is 0 Å². The number of carbonyl (C=O) groups is 1. The van der Waals surface area contributed by atoms with Gasteiger partial charge in [0, 0.05) is 16.7 Å². The largest absolute Gasteiger partial charge is 0.481 e. The zero-order valence-electron chi connectivity index (χ0n) is 10.4. The highest BCUT2D eigenvalue weighted by molar-refractivity contribution is 7.98. The fourth-order valence-corrected chi connectivity index (χ4v) is 2.89. The summed E-state index contributed by atoms with van der Waals surface area (Å²) in [6, 6.07) is 8.02. The number of hydrogen-bond acceptors (Lipinski definition) is 5. The maximum Gasteiger partial charge on any atom is 0.303 e. The molecular weight excluding hydrogens is 280 g/mol. The highest BCUT2D eigenvalue weighted by Crippen LogP contribution is 2.29. The average molecular weight is 294 g/mol. The van der Waals surface area contributed by atoms with Gasteiger partial charge in [-0.1, -0.05) is 12.1 Å². The second-order valence-corrected chi connectivity index (χ2v) is 5.57. The first-order valence-electron chi connectivity index (χ1n) is 5.75. The van der Waals surface area contributed by atoms with Crippen molar-refractivity contribution in [2.24, 2.45) is 0 Å². The molecule has 0 saturated carbocycles. The Hall–Kier alpha value is -1.53. The van der Waals surface area contributed by atoms with E-state index < -0.39 is 5.97 Å². The first-order chi connectivity index (χ1) is 9.19. The van der Waals surface area contributed by atoms with E-state index in [1.165, 1.54) is 11.3 Å². The SMILES string of the molecule is CSc1ccccc1Nc1nc(CCC(=O)O)cs1. The fraction of sp³-hybridized carbons (Fsp3) is 0.231. The lowest BCUT2D eigenvalue weighted by molar-refractivity contribution is -0.136. The number of anilines is 2. The van der Waals surface area contributed by atoms with Crippen LogP contribution in [0.5, 0.6) is 0 Å². The Kier molecular flexibility index (Phi) is 4.81. The van der Waals surface area contributed by atoms with Crippen LogP contribution in [-0.2, 0) is 11.2 Å². The zero-order chi connectivity index (χ0) is 13.7. The summed E-state index contributed by atoms with van der Waals surface area (Å²) in [7, 11) is 0. The van der Waals surface area contributed by atoms with Gasteiger partial charge in [-0.3, -0.25) is 4.79 Å². The second kappa shape index (κ2) is 6.58. The van der Waals surface area contributed by atoms with Crippen molar-refractivity contribution in [3.8, 4) is 0 Å². The third kappa shape index (κ3) is 3.97. The highest BCUT2D eigenvalue weighted by atomic mass is 32.2. The molecule has 0 atom stereocenters. The van der Waals surface area contributed by atoms with E-state index in [2.05, 4.69) is 10.3 Å². The number of thioether (sulfide) groups is 1. The maximum atomic E-state index is 10.5. The number of benzene rings is 1. The number of thiazole rings is 1. The number of carboxylic acid groups (broad SMARTS) is 1. The van der Waals surface area contributed by atoms with E-state index >= 15 is 0 Å². The second-order valence-electron chi connectivity index (χ2n) is 3.86. The van der Waals surface area contributed by atoms with E-state index in [1.807, 2.05) is 35.9 Å². The van der Waals surface area contributed by atoms with Gasteiger partial charge in [-0.15, -0.1) is 23.1 Å². The first kappa shape index (κ1) is 13.9. The lowest BCUT2D eigenvalue weighted by Crippen LogP contribution is -1.98. The molecule has 19 heavy (non-hydrogen) atoms. The molecule has 0 radical (unpaired) electrons. The van der Waals surface area contributed by atoms with Crippen molar-refractivity contribution in [1.29, 1.82) is 0 Å². The molecule has 0 unspecified atom stereocenters. The van der Waals surface area contributed by atoms with Crippen LogP contribution in [0.2, 0.25) is 0 Å². The van der Waals surface area contributed by atoms with Crippen molar-refractivity contribution < 1.29 is 9.90 Å². The average Bonchev–Trinajstić information content (AvgIpc) is 2.85. The molecule has 0 aliphatic rings. The summed E-state index contributed by atoms with van der Waals surface area (Å²) >= 11 is 3.16. The van der Waals surface area contributed by atoms with Crippen molar-refractivity contribution in [2.45, 2.75) is 17.7 Å². The number of nitrogens with zero attached hydrogens (tertiary/aromatic N) is 1. The van der Waals surface area contributed by atoms with E-state index in [1.54, 1.807) is 11.8 Å². The molecule has 4 nitrogen and oxygen atoms in total. The molecule has 2 N–H and O–H groups in total. The van der Waals surface area contributed by atoms with Gasteiger partial charge in [0.15, 0.2) is 5.13 Å². The van der Waals surface area contributed by atoms with Crippen molar-refractivity contribution >= 4 is 39.9 Å². The van der Waals surface area contributed by atoms with Crippen molar-refractivity contribution in [3.05, 3.63) is 35.3 Å². The lowest BCUT2D eigenvalue weighted by atomic mass is 10.2. The van der Waals surface area contributed by atoms with Crippen LogP contribution in [0.1, 0.15) is 12.1 Å². The number of nitrogens with one attached hydrogen (secondary N) is 1. The molecule has 100 valence electrons. The van der Waals surface area contributed by atoms with Crippen molar-refractivity contribution in [3.63, 3.8) is 0 Å². The van der Waals surface area contributed by atoms with Gasteiger partial charge in [0.05, 0.1) is 17.8 Å². The van der Waals surface area contributed by atoms with Crippen LogP contribution in [0.15, 0.2) is 34.5 Å². The fourth-order valence-electron chi connectivity index (χ4n) is 1.58. The van der Waals surface area contributed by atoms with Gasteiger partial charge in [0.2, 0.25) is 0 Å². The first-order valence-corrected chi connectivity index (χ1v) is 7.85. The molecule has 0 aliphatic heterocycles. The summed E-state index contributed by atoms with van der Waals surface area (Å²) in [5.74, 6) is -0.796. The van der Waals surface area contributed by atoms with Crippen LogP contribution in [0.3, 0.4) is 0 Å². The Morgan fingerprint density at radius 3 is 3.00 bits per heavy atom. The number of para-hydroxylation sites is 1. The number of aromatic nitrogens is 1. The molecule has 0 bridgehead atoms. The molecule has 6 heteroatoms. The molecular formula is C13H14N2O2S2. The summed E-state index contributed by atoms with van der Waals surface area (Å²) in [6.07, 6.45) is 2.61. The number of aryl methyl sites for hydroxylation is 1. The molecule has 0 saturated heterocycles. The van der Waals surface area contributed by atoms with E-state index in [0.29, 0.717) is 6.42 Å². The third-order valence-corrected chi connectivity index (χ3v) is 4.10. The molecule has 2 rings (SSSR count). The van der Waals surface area contributed by atoms with Gasteiger partial charge in [0.25, 0.3) is 0 Å². The standard InChI is InChI=1S/C13H14N2O2S2/c1-18-11-5-3-2-4-10(11)15-13-14-9(8-19-13)6-7-12(16)17/h2-5,8H,6-7H2,1H3,(H,14,15)(H,16,17). The number of carboxylic acids is 1. The van der Waals surface area contributed by atoms with E-state index in [4.69, 9.17) is 5.11 Å². The predicted molar refractivity (Wildman–Crippen MR) is 79.6 cm³/mol. The Bertz CT molecular complexity index is 569. The Labute approximate surface area is 119 Å². The summed E-state index contributed by atoms with van der Waals surface area (Å²) in [6.45, 7) is 0. The Balaban J connectivity index is 2.05. The number of aliphatic carboxylic acids is 1. The van der Waals surface area contributed by atoms with Gasteiger partial charge in [-0.05, 0) is 18.4 Å². The quantitative estimate of drug-likeness (QED) is 0.797. The van der Waals surface area contributed by atoms with Crippen LogP contribution in [0.4, 0.5) is 10.8 Å². The molecule has 0 amide bonds. The van der Waals surface area contributed by atoms with Crippen LogP contribution in [-0.4, -0.2) is 22.3 Å². The topological polar surface area (TPSA) is 62.2 Å². The summed E-state index contributed by atoms with van der Waals surface area (Å²) in [4.78, 5) is 16.1. The summed E-state index contributed by atoms with van der Waals surface area (Å²) in [5, 5.41) is 14.6. The number of rotatable bonds is 6. The molecule has 0 aliphatic carbocycles. The van der Waals surface area contributed by atoms with E-state index in [0.717, 1.165) is 21.4 Å². The van der Waals surface area contributed by atoms with Crippen LogP contribution >= 0.6 is 23.1 Å². The normalized spacial score (nSPS) is 10.4. The van der Waals surface area contributed by atoms with Crippen molar-refractivity contribution in [1.82, 2.24) is 4.98 Å². The van der Waals surface area contributed by atoms with Crippen molar-refractivity contribution in [2.75, 3.05) is 11.6 Å². The van der Waals surface area contributed by atoms with Gasteiger partial charge < -0.3 is 10.4 Å². The molecule has 1 aromatic carbocycles. The zero-order valence-corrected chi connectivity index (χ0v) is 12.1. The molecule has 2 aromatic rings. The van der Waals surface area contributed by atoms with E-state index in [-0.39, 0.29) is 6.42 Å². The molecule has 1 aromatic heterocycles. The third-order valence-electron chi connectivity index (χ3n) is 2.50. The van der Waals surface area contributed by atoms with Gasteiger partial charge in [-0.25, -0.2) is 4.98 Å². The van der Waals surface area contributed by atoms with E-state index in [9.17, 15) is 4.79 Å². The monoisotopic (exact) mass is 294 g/mol.